The van der Waals surface area contributed by atoms with Crippen LogP contribution in [0.1, 0.15) is 19.8 Å². The van der Waals surface area contributed by atoms with Gasteiger partial charge in [-0.15, -0.1) is 0 Å². The highest BCUT2D eigenvalue weighted by molar-refractivity contribution is 7.28. The number of hydrogen-bond donors (Lipinski definition) is 0. The predicted molar refractivity (Wildman–Crippen MR) is 57.4 cm³/mol. The summed E-state index contributed by atoms with van der Waals surface area (Å²) >= 11 is 12.7. The van der Waals surface area contributed by atoms with Crippen molar-refractivity contribution in [2.45, 2.75) is 43.6 Å². The highest BCUT2D eigenvalue weighted by atomic mass is 35.6. The Labute approximate surface area is 81.3 Å². The van der Waals surface area contributed by atoms with Crippen LogP contribution < -0.4 is 0 Å². The number of halogens is 2. The van der Waals surface area contributed by atoms with Crippen molar-refractivity contribution >= 4 is 37.6 Å². The maximum absolute atomic E-state index is 6.55. The lowest BCUT2D eigenvalue weighted by Crippen LogP contribution is -2.35. The first kappa shape index (κ1) is 10.1. The lowest BCUT2D eigenvalue weighted by molar-refractivity contribution is 0.968. The van der Waals surface area contributed by atoms with Gasteiger partial charge in [0.25, 0.3) is 0 Å². The van der Waals surface area contributed by atoms with Crippen molar-refractivity contribution in [3.8, 4) is 0 Å². The van der Waals surface area contributed by atoms with Gasteiger partial charge >= 0.3 is 0 Å². The molecule has 0 aromatic rings. The molecular formula is C7H15Cl2Si2. The summed E-state index contributed by atoms with van der Waals surface area (Å²) in [5.74, 6) is 0. The van der Waals surface area contributed by atoms with Gasteiger partial charge in [-0.1, -0.05) is 19.8 Å². The van der Waals surface area contributed by atoms with Crippen molar-refractivity contribution in [1.29, 1.82) is 0 Å². The van der Waals surface area contributed by atoms with Crippen molar-refractivity contribution in [2.75, 3.05) is 0 Å². The van der Waals surface area contributed by atoms with Crippen LogP contribution >= 0.6 is 22.2 Å². The van der Waals surface area contributed by atoms with Crippen LogP contribution in [0.2, 0.25) is 23.8 Å². The van der Waals surface area contributed by atoms with E-state index in [1.54, 1.807) is 0 Å². The normalized spacial score (nSPS) is 34.1. The van der Waals surface area contributed by atoms with Crippen LogP contribution in [0.15, 0.2) is 0 Å². The van der Waals surface area contributed by atoms with Gasteiger partial charge in [-0.3, -0.25) is 0 Å². The Kier molecular flexibility index (Phi) is 3.95. The van der Waals surface area contributed by atoms with Crippen LogP contribution in [-0.2, 0) is 0 Å². The maximum atomic E-state index is 6.55. The van der Waals surface area contributed by atoms with E-state index in [-0.39, 0.29) is 0 Å². The molecule has 0 saturated carbocycles. The van der Waals surface area contributed by atoms with Gasteiger partial charge in [-0.2, -0.15) is 22.2 Å². The van der Waals surface area contributed by atoms with E-state index in [1.807, 2.05) is 0 Å². The molecule has 1 aliphatic heterocycles. The molecule has 1 radical (unpaired) electrons. The van der Waals surface area contributed by atoms with Crippen molar-refractivity contribution in [1.82, 2.24) is 0 Å². The molecule has 0 nitrogen and oxygen atoms in total. The summed E-state index contributed by atoms with van der Waals surface area (Å²) < 4.78 is 0. The molecule has 0 bridgehead atoms. The standard InChI is InChI=1S/C7H15Cl2Si2/c1-2-5-11(9)6-3-4-10(8)7-11/h2-7H2,1H3. The minimum atomic E-state index is -1.31. The molecule has 1 aliphatic rings. The second kappa shape index (κ2) is 4.31. The van der Waals surface area contributed by atoms with Gasteiger partial charge in [0.2, 0.25) is 0 Å². The third-order valence-electron chi connectivity index (χ3n) is 2.28. The summed E-state index contributed by atoms with van der Waals surface area (Å²) in [7, 11) is -1.83. The van der Waals surface area contributed by atoms with E-state index >= 15 is 0 Å². The van der Waals surface area contributed by atoms with Crippen molar-refractivity contribution < 1.29 is 0 Å². The topological polar surface area (TPSA) is 0 Å². The molecule has 1 fully saturated rings. The van der Waals surface area contributed by atoms with E-state index in [0.717, 1.165) is 0 Å². The predicted octanol–water partition coefficient (Wildman–Crippen LogP) is 3.75. The summed E-state index contributed by atoms with van der Waals surface area (Å²) in [6, 6.07) is 3.90. The van der Waals surface area contributed by atoms with E-state index in [1.165, 1.54) is 36.6 Å². The molecule has 1 saturated heterocycles. The minimum Gasteiger partial charge on any atom is -0.169 e. The molecule has 1 rings (SSSR count). The fourth-order valence-corrected chi connectivity index (χ4v) is 15.3. The van der Waals surface area contributed by atoms with Crippen LogP contribution in [0.3, 0.4) is 0 Å². The molecule has 0 aromatic carbocycles. The van der Waals surface area contributed by atoms with Crippen LogP contribution in [0.4, 0.5) is 0 Å². The van der Waals surface area contributed by atoms with Gasteiger partial charge in [0.15, 0.2) is 15.5 Å². The Balaban J connectivity index is 2.41. The molecular weight excluding hydrogens is 211 g/mol. The fraction of sp³-hybridized carbons (Fsp3) is 1.00. The maximum Gasteiger partial charge on any atom is 0.163 e. The van der Waals surface area contributed by atoms with Crippen molar-refractivity contribution in [3.05, 3.63) is 0 Å². The average molecular weight is 226 g/mol. The molecule has 11 heavy (non-hydrogen) atoms. The van der Waals surface area contributed by atoms with Gasteiger partial charge in [0.05, 0.1) is 0 Å². The van der Waals surface area contributed by atoms with Crippen molar-refractivity contribution in [2.24, 2.45) is 0 Å². The third kappa shape index (κ3) is 3.09. The van der Waals surface area contributed by atoms with Crippen LogP contribution in [0, 0.1) is 0 Å². The largest absolute Gasteiger partial charge is 0.169 e. The number of rotatable bonds is 2. The monoisotopic (exact) mass is 225 g/mol. The third-order valence-corrected chi connectivity index (χ3v) is 14.0. The smallest absolute Gasteiger partial charge is 0.163 e. The van der Waals surface area contributed by atoms with Gasteiger partial charge < -0.3 is 0 Å². The SMILES string of the molecule is CCC[Si]1(Cl)CCC[Si](Cl)C1. The fourth-order valence-electron chi connectivity index (χ4n) is 1.78. The zero-order valence-electron chi connectivity index (χ0n) is 7.00. The Morgan fingerprint density at radius 3 is 2.82 bits per heavy atom. The quantitative estimate of drug-likeness (QED) is 0.497. The average Bonchev–Trinajstić information content (AvgIpc) is 1.86. The zero-order chi connectivity index (χ0) is 8.32. The Morgan fingerprint density at radius 2 is 2.27 bits per heavy atom. The summed E-state index contributed by atoms with van der Waals surface area (Å²) in [6.07, 6.45) is 2.56. The molecule has 0 aromatic heterocycles. The molecule has 65 valence electrons. The Morgan fingerprint density at radius 1 is 1.55 bits per heavy atom. The summed E-state index contributed by atoms with van der Waals surface area (Å²) in [4.78, 5) is 0. The van der Waals surface area contributed by atoms with E-state index in [0.29, 0.717) is 0 Å². The zero-order valence-corrected chi connectivity index (χ0v) is 10.5. The first-order valence-electron chi connectivity index (χ1n) is 4.35. The van der Waals surface area contributed by atoms with Crippen molar-refractivity contribution in [3.63, 3.8) is 0 Å². The van der Waals surface area contributed by atoms with Crippen LogP contribution in [0.25, 0.3) is 0 Å². The highest BCUT2D eigenvalue weighted by Gasteiger charge is 2.36. The first-order valence-corrected chi connectivity index (χ1v) is 10.9. The van der Waals surface area contributed by atoms with Gasteiger partial charge in [-0.25, -0.2) is 0 Å². The number of hydrogen-bond acceptors (Lipinski definition) is 0. The molecule has 0 amide bonds. The highest BCUT2D eigenvalue weighted by Crippen LogP contribution is 2.36. The lowest BCUT2D eigenvalue weighted by Gasteiger charge is -2.30. The van der Waals surface area contributed by atoms with E-state index in [4.69, 9.17) is 22.2 Å². The van der Waals surface area contributed by atoms with E-state index < -0.39 is 15.5 Å². The van der Waals surface area contributed by atoms with Crippen LogP contribution in [0.5, 0.6) is 0 Å². The first-order chi connectivity index (χ1) is 5.16. The molecule has 4 heteroatoms. The molecule has 0 N–H and O–H groups in total. The lowest BCUT2D eigenvalue weighted by atomic mass is 10.6. The summed E-state index contributed by atoms with van der Waals surface area (Å²) in [6.45, 7) is 2.23. The molecule has 0 aliphatic carbocycles. The van der Waals surface area contributed by atoms with E-state index in [2.05, 4.69) is 6.92 Å². The van der Waals surface area contributed by atoms with E-state index in [9.17, 15) is 0 Å². The Bertz CT molecular complexity index is 128. The van der Waals surface area contributed by atoms with Gasteiger partial charge in [0, 0.05) is 0 Å². The molecule has 1 atom stereocenters. The Hall–Kier alpha value is 1.01. The molecule has 0 spiro atoms. The second-order valence-electron chi connectivity index (χ2n) is 3.45. The van der Waals surface area contributed by atoms with Crippen LogP contribution in [-0.4, -0.2) is 15.5 Å². The second-order valence-corrected chi connectivity index (χ2v) is 13.7. The van der Waals surface area contributed by atoms with Gasteiger partial charge in [-0.05, 0) is 23.8 Å². The minimum absolute atomic E-state index is 0.519. The summed E-state index contributed by atoms with van der Waals surface area (Å²) in [5.41, 5.74) is 1.24. The van der Waals surface area contributed by atoms with Gasteiger partial charge in [0.1, 0.15) is 0 Å². The molecule has 1 heterocycles. The summed E-state index contributed by atoms with van der Waals surface area (Å²) in [5, 5.41) is 0. The molecule has 1 unspecified atom stereocenters.